The molecule has 2 rings (SSSR count). The first-order valence-electron chi connectivity index (χ1n) is 11.1. The Morgan fingerprint density at radius 2 is 1.70 bits per heavy atom. The van der Waals surface area contributed by atoms with Crippen LogP contribution in [0.4, 0.5) is 0 Å². The Hall–Kier alpha value is -1.15. The summed E-state index contributed by atoms with van der Waals surface area (Å²) in [5.41, 5.74) is 6.36. The van der Waals surface area contributed by atoms with Gasteiger partial charge in [0, 0.05) is 30.8 Å². The van der Waals surface area contributed by atoms with Crippen LogP contribution >= 0.6 is 0 Å². The van der Waals surface area contributed by atoms with Gasteiger partial charge in [0.15, 0.2) is 0 Å². The van der Waals surface area contributed by atoms with Crippen molar-refractivity contribution in [1.82, 2.24) is 4.31 Å². The smallest absolute Gasteiger partial charge is 0.243 e. The van der Waals surface area contributed by atoms with Crippen molar-refractivity contribution in [1.29, 1.82) is 0 Å². The van der Waals surface area contributed by atoms with E-state index in [0.717, 1.165) is 6.42 Å². The molecule has 0 bridgehead atoms. The van der Waals surface area contributed by atoms with E-state index in [1.165, 1.54) is 6.42 Å². The van der Waals surface area contributed by atoms with Crippen molar-refractivity contribution in [3.05, 3.63) is 23.8 Å². The lowest BCUT2D eigenvalue weighted by Gasteiger charge is -2.32. The number of hydrogen-bond donors (Lipinski definition) is 1. The lowest BCUT2D eigenvalue weighted by Crippen LogP contribution is -2.41. The van der Waals surface area contributed by atoms with Gasteiger partial charge in [-0.25, -0.2) is 8.42 Å². The molecule has 1 aliphatic rings. The summed E-state index contributed by atoms with van der Waals surface area (Å²) < 4.78 is 38.5. The topological polar surface area (TPSA) is 81.9 Å². The number of sulfonamides is 1. The highest BCUT2D eigenvalue weighted by Gasteiger charge is 2.31. The summed E-state index contributed by atoms with van der Waals surface area (Å²) >= 11 is 0. The van der Waals surface area contributed by atoms with Crippen LogP contribution in [0, 0.1) is 6.92 Å². The maximum atomic E-state index is 12.9. The molecule has 0 aliphatic carbocycles. The molecular weight excluding hydrogens is 400 g/mol. The fraction of sp³-hybridized carbons (Fsp3) is 0.739. The van der Waals surface area contributed by atoms with Crippen molar-refractivity contribution in [3.8, 4) is 5.75 Å². The highest BCUT2D eigenvalue weighted by Crippen LogP contribution is 2.29. The lowest BCUT2D eigenvalue weighted by molar-refractivity contribution is 0.0144. The number of hydrogen-bond acceptors (Lipinski definition) is 5. The molecule has 1 aromatic carbocycles. The van der Waals surface area contributed by atoms with Crippen molar-refractivity contribution in [2.75, 3.05) is 26.8 Å². The minimum atomic E-state index is -3.51. The summed E-state index contributed by atoms with van der Waals surface area (Å²) in [6.07, 6.45) is 3.54. The van der Waals surface area contributed by atoms with Gasteiger partial charge in [0.2, 0.25) is 10.0 Å². The number of ether oxygens (including phenoxy) is 2. The van der Waals surface area contributed by atoms with Gasteiger partial charge in [-0.05, 0) is 52.2 Å². The number of benzene rings is 1. The second kappa shape index (κ2) is 14.0. The van der Waals surface area contributed by atoms with Crippen molar-refractivity contribution in [2.45, 2.75) is 90.7 Å². The van der Waals surface area contributed by atoms with Crippen LogP contribution in [0.1, 0.15) is 72.8 Å². The van der Waals surface area contributed by atoms with Crippen molar-refractivity contribution in [3.63, 3.8) is 0 Å². The largest absolute Gasteiger partial charge is 0.496 e. The van der Waals surface area contributed by atoms with E-state index in [2.05, 4.69) is 13.8 Å². The van der Waals surface area contributed by atoms with E-state index in [-0.39, 0.29) is 11.6 Å². The summed E-state index contributed by atoms with van der Waals surface area (Å²) in [5, 5.41) is 0. The Balaban J connectivity index is 0.00000154. The SMILES string of the molecule is CC.CCC.COc1cccc(S(=O)(=O)N2CCC(OCCC(C)(C)N)CC2)c1C. The van der Waals surface area contributed by atoms with Crippen molar-refractivity contribution < 1.29 is 17.9 Å². The molecule has 6 nitrogen and oxygen atoms in total. The molecule has 1 aromatic rings. The first kappa shape index (κ1) is 28.9. The molecule has 0 atom stereocenters. The van der Waals surface area contributed by atoms with Gasteiger partial charge in [-0.2, -0.15) is 4.31 Å². The van der Waals surface area contributed by atoms with Crippen LogP contribution in [0.15, 0.2) is 23.1 Å². The fourth-order valence-electron chi connectivity index (χ4n) is 2.96. The Morgan fingerprint density at radius 3 is 2.17 bits per heavy atom. The summed E-state index contributed by atoms with van der Waals surface area (Å²) in [6.45, 7) is 15.5. The van der Waals surface area contributed by atoms with Gasteiger partial charge in [-0.15, -0.1) is 0 Å². The molecule has 0 saturated carbocycles. The zero-order chi connectivity index (χ0) is 23.4. The van der Waals surface area contributed by atoms with Crippen LogP contribution in [0.25, 0.3) is 0 Å². The van der Waals surface area contributed by atoms with Gasteiger partial charge < -0.3 is 15.2 Å². The zero-order valence-corrected chi connectivity index (χ0v) is 21.1. The first-order chi connectivity index (χ1) is 14.1. The van der Waals surface area contributed by atoms with Crippen LogP contribution in [0.3, 0.4) is 0 Å². The third kappa shape index (κ3) is 9.33. The van der Waals surface area contributed by atoms with Crippen molar-refractivity contribution >= 4 is 10.0 Å². The van der Waals surface area contributed by atoms with Crippen LogP contribution in [-0.4, -0.2) is 51.2 Å². The molecule has 1 heterocycles. The number of methoxy groups -OCH3 is 1. The average Bonchev–Trinajstić information content (AvgIpc) is 2.69. The molecule has 0 radical (unpaired) electrons. The molecule has 30 heavy (non-hydrogen) atoms. The van der Waals surface area contributed by atoms with Gasteiger partial charge >= 0.3 is 0 Å². The molecule has 1 fully saturated rings. The van der Waals surface area contributed by atoms with Crippen LogP contribution in [0.2, 0.25) is 0 Å². The predicted octanol–water partition coefficient (Wildman–Crippen LogP) is 4.74. The average molecular weight is 445 g/mol. The zero-order valence-electron chi connectivity index (χ0n) is 20.3. The van der Waals surface area contributed by atoms with Crippen molar-refractivity contribution in [2.24, 2.45) is 5.73 Å². The quantitative estimate of drug-likeness (QED) is 0.657. The second-order valence-corrected chi connectivity index (χ2v) is 9.91. The minimum Gasteiger partial charge on any atom is -0.496 e. The van der Waals surface area contributed by atoms with Crippen LogP contribution < -0.4 is 10.5 Å². The number of piperidine rings is 1. The summed E-state index contributed by atoms with van der Waals surface area (Å²) in [6, 6.07) is 5.12. The minimum absolute atomic E-state index is 0.0974. The Kier molecular flexibility index (Phi) is 13.5. The summed E-state index contributed by atoms with van der Waals surface area (Å²) in [4.78, 5) is 0.316. The molecule has 1 aliphatic heterocycles. The highest BCUT2D eigenvalue weighted by molar-refractivity contribution is 7.89. The molecule has 0 aromatic heterocycles. The van der Waals surface area contributed by atoms with Gasteiger partial charge in [0.25, 0.3) is 0 Å². The van der Waals surface area contributed by atoms with Gasteiger partial charge in [-0.3, -0.25) is 0 Å². The standard InChI is InChI=1S/C18H30N2O4S.C3H8.C2H6/c1-14-16(23-4)6-5-7-17(14)25(21,22)20-11-8-15(9-12-20)24-13-10-18(2,3)19;1-3-2;1-2/h5-7,15H,8-13,19H2,1-4H3;3H2,1-2H3;1-2H3. The van der Waals surface area contributed by atoms with E-state index < -0.39 is 10.0 Å². The molecule has 1 saturated heterocycles. The van der Waals surface area contributed by atoms with E-state index in [1.807, 2.05) is 27.7 Å². The first-order valence-corrected chi connectivity index (χ1v) is 12.5. The Bertz CT molecular complexity index is 692. The lowest BCUT2D eigenvalue weighted by atomic mass is 10.0. The maximum Gasteiger partial charge on any atom is 0.243 e. The molecule has 2 N–H and O–H groups in total. The fourth-order valence-corrected chi connectivity index (χ4v) is 4.67. The van der Waals surface area contributed by atoms with Gasteiger partial charge in [0.1, 0.15) is 5.75 Å². The normalized spacial score (nSPS) is 15.5. The number of nitrogens with zero attached hydrogens (tertiary/aromatic N) is 1. The van der Waals surface area contributed by atoms with E-state index in [0.29, 0.717) is 48.7 Å². The summed E-state index contributed by atoms with van der Waals surface area (Å²) in [7, 11) is -1.97. The number of nitrogens with two attached hydrogens (primary N) is 1. The van der Waals surface area contributed by atoms with E-state index >= 15 is 0 Å². The molecule has 0 spiro atoms. The second-order valence-electron chi connectivity index (χ2n) is 8.00. The van der Waals surface area contributed by atoms with Crippen LogP contribution in [0.5, 0.6) is 5.75 Å². The maximum absolute atomic E-state index is 12.9. The van der Waals surface area contributed by atoms with E-state index in [1.54, 1.807) is 36.5 Å². The third-order valence-corrected chi connectivity index (χ3v) is 6.62. The monoisotopic (exact) mass is 444 g/mol. The van der Waals surface area contributed by atoms with Gasteiger partial charge in [-0.1, -0.05) is 40.2 Å². The third-order valence-electron chi connectivity index (χ3n) is 4.57. The molecule has 7 heteroatoms. The molecule has 176 valence electrons. The molecular formula is C23H44N2O4S. The Labute approximate surface area is 185 Å². The highest BCUT2D eigenvalue weighted by atomic mass is 32.2. The predicted molar refractivity (Wildman–Crippen MR) is 126 cm³/mol. The van der Waals surface area contributed by atoms with Crippen LogP contribution in [-0.2, 0) is 14.8 Å². The van der Waals surface area contributed by atoms with E-state index in [4.69, 9.17) is 15.2 Å². The van der Waals surface area contributed by atoms with Gasteiger partial charge in [0.05, 0.1) is 18.1 Å². The number of rotatable bonds is 7. The summed E-state index contributed by atoms with van der Waals surface area (Å²) in [5.74, 6) is 0.587. The Morgan fingerprint density at radius 1 is 1.17 bits per heavy atom. The van der Waals surface area contributed by atoms with E-state index in [9.17, 15) is 8.42 Å². The molecule has 0 amide bonds. The molecule has 0 unspecified atom stereocenters.